The van der Waals surface area contributed by atoms with E-state index in [1.54, 1.807) is 12.1 Å². The zero-order valence-corrected chi connectivity index (χ0v) is 15.9. The molecule has 0 radical (unpaired) electrons. The van der Waals surface area contributed by atoms with E-state index in [1.165, 1.54) is 0 Å². The molecule has 5 nitrogen and oxygen atoms in total. The van der Waals surface area contributed by atoms with E-state index in [2.05, 4.69) is 6.92 Å². The standard InChI is InChI=1S/C20H32O5/c1-5-6-12-22-13-16(2)23-14-17(3)24-15-18(4)25-20(21)19-10-8-7-9-11-19/h7-11,16-18H,5-6,12-15H2,1-4H3. The number of carbonyl (C=O) groups is 1. The maximum Gasteiger partial charge on any atom is 0.338 e. The summed E-state index contributed by atoms with van der Waals surface area (Å²) in [6.07, 6.45) is 1.86. The summed E-state index contributed by atoms with van der Waals surface area (Å²) in [4.78, 5) is 11.9. The van der Waals surface area contributed by atoms with Crippen LogP contribution in [0.4, 0.5) is 0 Å². The van der Waals surface area contributed by atoms with Crippen molar-refractivity contribution in [3.8, 4) is 0 Å². The second kappa shape index (κ2) is 12.9. The van der Waals surface area contributed by atoms with Crippen molar-refractivity contribution in [1.82, 2.24) is 0 Å². The van der Waals surface area contributed by atoms with Gasteiger partial charge in [0, 0.05) is 6.61 Å². The molecule has 0 aliphatic heterocycles. The monoisotopic (exact) mass is 352 g/mol. The normalized spacial score (nSPS) is 14.7. The van der Waals surface area contributed by atoms with Crippen molar-refractivity contribution >= 4 is 5.97 Å². The van der Waals surface area contributed by atoms with Gasteiger partial charge in [-0.3, -0.25) is 0 Å². The molecule has 0 saturated heterocycles. The number of carbonyl (C=O) groups excluding carboxylic acids is 1. The molecule has 5 heteroatoms. The Hall–Kier alpha value is -1.43. The maximum atomic E-state index is 11.9. The summed E-state index contributed by atoms with van der Waals surface area (Å²) in [5.41, 5.74) is 0.544. The molecule has 0 spiro atoms. The lowest BCUT2D eigenvalue weighted by atomic mass is 10.2. The number of hydrogen-bond donors (Lipinski definition) is 0. The van der Waals surface area contributed by atoms with Crippen LogP contribution in [-0.2, 0) is 18.9 Å². The largest absolute Gasteiger partial charge is 0.457 e. The SMILES string of the molecule is CCCCOCC(C)OCC(C)OCC(C)OC(=O)c1ccccc1. The maximum absolute atomic E-state index is 11.9. The molecule has 3 atom stereocenters. The average molecular weight is 352 g/mol. The molecule has 0 aliphatic rings. The second-order valence-electron chi connectivity index (χ2n) is 6.30. The average Bonchev–Trinajstić information content (AvgIpc) is 2.62. The highest BCUT2D eigenvalue weighted by Gasteiger charge is 2.14. The van der Waals surface area contributed by atoms with Gasteiger partial charge in [-0.2, -0.15) is 0 Å². The fourth-order valence-corrected chi connectivity index (χ4v) is 2.05. The highest BCUT2D eigenvalue weighted by Crippen LogP contribution is 2.06. The molecule has 0 heterocycles. The summed E-state index contributed by atoms with van der Waals surface area (Å²) in [5.74, 6) is -0.335. The van der Waals surface area contributed by atoms with Crippen molar-refractivity contribution in [3.63, 3.8) is 0 Å². The van der Waals surface area contributed by atoms with Crippen molar-refractivity contribution < 1.29 is 23.7 Å². The van der Waals surface area contributed by atoms with Crippen molar-refractivity contribution in [2.45, 2.75) is 58.8 Å². The van der Waals surface area contributed by atoms with Gasteiger partial charge in [0.05, 0.1) is 37.6 Å². The van der Waals surface area contributed by atoms with E-state index in [0.717, 1.165) is 19.4 Å². The molecule has 0 aromatic heterocycles. The third-order valence-electron chi connectivity index (χ3n) is 3.54. The first-order valence-corrected chi connectivity index (χ1v) is 9.09. The third kappa shape index (κ3) is 10.2. The van der Waals surface area contributed by atoms with Crippen LogP contribution in [-0.4, -0.2) is 50.7 Å². The van der Waals surface area contributed by atoms with Gasteiger partial charge in [0.1, 0.15) is 6.10 Å². The number of benzene rings is 1. The van der Waals surface area contributed by atoms with Crippen molar-refractivity contribution in [1.29, 1.82) is 0 Å². The highest BCUT2D eigenvalue weighted by molar-refractivity contribution is 5.89. The number of rotatable bonds is 13. The Balaban J connectivity index is 2.14. The first-order chi connectivity index (χ1) is 12.0. The van der Waals surface area contributed by atoms with Crippen LogP contribution in [0.5, 0.6) is 0 Å². The van der Waals surface area contributed by atoms with Gasteiger partial charge in [-0.25, -0.2) is 4.79 Å². The number of hydrogen-bond acceptors (Lipinski definition) is 5. The van der Waals surface area contributed by atoms with E-state index in [4.69, 9.17) is 18.9 Å². The molecule has 1 aromatic rings. The summed E-state index contributed by atoms with van der Waals surface area (Å²) < 4.78 is 22.3. The van der Waals surface area contributed by atoms with Gasteiger partial charge in [-0.15, -0.1) is 0 Å². The van der Waals surface area contributed by atoms with Crippen LogP contribution < -0.4 is 0 Å². The minimum absolute atomic E-state index is 0.0382. The summed E-state index contributed by atoms with van der Waals surface area (Å²) >= 11 is 0. The Labute approximate surface area is 151 Å². The molecule has 1 rings (SSSR count). The molecule has 0 amide bonds. The molecule has 142 valence electrons. The predicted octanol–water partition coefficient (Wildman–Crippen LogP) is 3.86. The fraction of sp³-hybridized carbons (Fsp3) is 0.650. The van der Waals surface area contributed by atoms with E-state index in [-0.39, 0.29) is 24.3 Å². The smallest absolute Gasteiger partial charge is 0.338 e. The lowest BCUT2D eigenvalue weighted by Crippen LogP contribution is -2.27. The van der Waals surface area contributed by atoms with Crippen LogP contribution in [0.3, 0.4) is 0 Å². The van der Waals surface area contributed by atoms with Crippen LogP contribution >= 0.6 is 0 Å². The summed E-state index contributed by atoms with van der Waals surface area (Å²) in [7, 11) is 0. The molecule has 0 fully saturated rings. The molecule has 25 heavy (non-hydrogen) atoms. The minimum atomic E-state index is -0.335. The van der Waals surface area contributed by atoms with Crippen LogP contribution in [0.15, 0.2) is 30.3 Å². The summed E-state index contributed by atoms with van der Waals surface area (Å²) in [6, 6.07) is 8.95. The Morgan fingerprint density at radius 3 is 2.16 bits per heavy atom. The van der Waals surface area contributed by atoms with E-state index < -0.39 is 0 Å². The van der Waals surface area contributed by atoms with Gasteiger partial charge in [-0.05, 0) is 39.3 Å². The zero-order valence-electron chi connectivity index (χ0n) is 15.9. The van der Waals surface area contributed by atoms with Crippen molar-refractivity contribution in [3.05, 3.63) is 35.9 Å². The Morgan fingerprint density at radius 2 is 1.52 bits per heavy atom. The van der Waals surface area contributed by atoms with Gasteiger partial charge in [0.2, 0.25) is 0 Å². The summed E-state index contributed by atoms with van der Waals surface area (Å²) in [5, 5.41) is 0. The second-order valence-corrected chi connectivity index (χ2v) is 6.30. The van der Waals surface area contributed by atoms with Crippen LogP contribution in [0.2, 0.25) is 0 Å². The van der Waals surface area contributed by atoms with Crippen LogP contribution in [0.25, 0.3) is 0 Å². The predicted molar refractivity (Wildman–Crippen MR) is 97.9 cm³/mol. The molecular formula is C20H32O5. The van der Waals surface area contributed by atoms with E-state index in [9.17, 15) is 4.79 Å². The Morgan fingerprint density at radius 1 is 0.920 bits per heavy atom. The Bertz CT molecular complexity index is 462. The highest BCUT2D eigenvalue weighted by atomic mass is 16.6. The zero-order chi connectivity index (χ0) is 18.5. The lowest BCUT2D eigenvalue weighted by molar-refractivity contribution is -0.0729. The van der Waals surface area contributed by atoms with Gasteiger partial charge < -0.3 is 18.9 Å². The van der Waals surface area contributed by atoms with Gasteiger partial charge in [0.15, 0.2) is 0 Å². The molecule has 0 N–H and O–H groups in total. The van der Waals surface area contributed by atoms with E-state index >= 15 is 0 Å². The van der Waals surface area contributed by atoms with Gasteiger partial charge in [0.25, 0.3) is 0 Å². The molecule has 0 aliphatic carbocycles. The van der Waals surface area contributed by atoms with Crippen LogP contribution in [0.1, 0.15) is 50.9 Å². The van der Waals surface area contributed by atoms with E-state index in [1.807, 2.05) is 39.0 Å². The minimum Gasteiger partial charge on any atom is -0.457 e. The quantitative estimate of drug-likeness (QED) is 0.398. The number of esters is 1. The van der Waals surface area contributed by atoms with Crippen LogP contribution in [0, 0.1) is 0 Å². The molecule has 0 saturated carbocycles. The topological polar surface area (TPSA) is 54.0 Å². The third-order valence-corrected chi connectivity index (χ3v) is 3.54. The molecule has 1 aromatic carbocycles. The van der Waals surface area contributed by atoms with Crippen molar-refractivity contribution in [2.75, 3.05) is 26.4 Å². The van der Waals surface area contributed by atoms with E-state index in [0.29, 0.717) is 25.4 Å². The molecule has 0 bridgehead atoms. The Kier molecular flexibility index (Phi) is 11.1. The first-order valence-electron chi connectivity index (χ1n) is 9.09. The lowest BCUT2D eigenvalue weighted by Gasteiger charge is -2.20. The number of unbranched alkanes of at least 4 members (excludes halogenated alkanes) is 1. The summed E-state index contributed by atoms with van der Waals surface area (Å²) in [6.45, 7) is 10.1. The van der Waals surface area contributed by atoms with Crippen molar-refractivity contribution in [2.24, 2.45) is 0 Å². The molecule has 3 unspecified atom stereocenters. The fourth-order valence-electron chi connectivity index (χ4n) is 2.05. The van der Waals surface area contributed by atoms with Gasteiger partial charge >= 0.3 is 5.97 Å². The first kappa shape index (κ1) is 21.6. The number of ether oxygens (including phenoxy) is 4. The van der Waals surface area contributed by atoms with Gasteiger partial charge in [-0.1, -0.05) is 31.5 Å². The molecular weight excluding hydrogens is 320 g/mol.